The van der Waals surface area contributed by atoms with Gasteiger partial charge in [0.25, 0.3) is 11.8 Å². The maximum atomic E-state index is 11.1. The Balaban J connectivity index is 0.000000374. The molecule has 0 saturated carbocycles. The zero-order valence-electron chi connectivity index (χ0n) is 12.1. The minimum atomic E-state index is -6.00. The van der Waals surface area contributed by atoms with Gasteiger partial charge in [-0.2, -0.15) is 0 Å². The third kappa shape index (κ3) is 10.8. The predicted molar refractivity (Wildman–Crippen MR) is 84.5 cm³/mol. The van der Waals surface area contributed by atoms with Gasteiger partial charge in [-0.15, -0.1) is 5.06 Å². The van der Waals surface area contributed by atoms with Gasteiger partial charge in [0.15, 0.2) is 0 Å². The molecule has 0 aliphatic carbocycles. The Kier molecular flexibility index (Phi) is 6.50. The summed E-state index contributed by atoms with van der Waals surface area (Å²) in [4.78, 5) is 22.1. The van der Waals surface area contributed by atoms with Crippen molar-refractivity contribution >= 4 is 36.7 Å². The molecular weight excluding hydrogens is 543 g/mol. The summed E-state index contributed by atoms with van der Waals surface area (Å²) in [7, 11) is -6.00. The van der Waals surface area contributed by atoms with Crippen LogP contribution in [0.4, 0.5) is 17.3 Å². The van der Waals surface area contributed by atoms with Gasteiger partial charge in [-0.05, 0) is 12.1 Å². The van der Waals surface area contributed by atoms with Gasteiger partial charge in [0, 0.05) is 0 Å². The summed E-state index contributed by atoms with van der Waals surface area (Å²) in [6.07, 6.45) is 0. The molecule has 1 aliphatic rings. The van der Waals surface area contributed by atoms with E-state index in [4.69, 9.17) is 5.21 Å². The first-order chi connectivity index (χ1) is 9.95. The molecule has 0 saturated heterocycles. The van der Waals surface area contributed by atoms with Crippen molar-refractivity contribution in [3.63, 3.8) is 0 Å². The van der Waals surface area contributed by atoms with Crippen molar-refractivity contribution in [3.8, 4) is 0 Å². The summed E-state index contributed by atoms with van der Waals surface area (Å²) in [6, 6.07) is 6.30. The van der Waals surface area contributed by atoms with Crippen molar-refractivity contribution < 1.29 is 52.2 Å². The Labute approximate surface area is 129 Å². The van der Waals surface area contributed by atoms with Crippen LogP contribution in [-0.2, 0) is 0 Å². The van der Waals surface area contributed by atoms with Crippen LogP contribution in [0.3, 0.4) is 0 Å². The molecule has 1 N–H and O–H groups in total. The summed E-state index contributed by atoms with van der Waals surface area (Å²) in [5.74, 6) is -1.31. The summed E-state index contributed by atoms with van der Waals surface area (Å²) < 4.78 is 57.4. The molecule has 126 valence electrons. The third-order valence-corrected chi connectivity index (χ3v) is 1.77. The first-order valence-corrected chi connectivity index (χ1v) is 20.7. The Morgan fingerprint density at radius 2 is 1.09 bits per heavy atom. The number of carbonyl (C=O) groups is 2. The Morgan fingerprint density at radius 3 is 1.30 bits per heavy atom. The molecule has 0 unspecified atom stereocenters. The van der Waals surface area contributed by atoms with Crippen LogP contribution in [0.5, 0.6) is 0 Å². The van der Waals surface area contributed by atoms with Crippen molar-refractivity contribution in [2.45, 2.75) is 0 Å². The van der Waals surface area contributed by atoms with E-state index < -0.39 is 39.2 Å². The second kappa shape index (κ2) is 6.95. The average Bonchev–Trinajstić information content (AvgIpc) is 2.50. The molecule has 23 heavy (non-hydrogen) atoms. The standard InChI is InChI=1S/C8H5NO3.5CH2.BF4.U/c10-7-5-3-1-2-4-6(5)8(11)9(7)12;;;;;;2-1(3,4)5;/h1-4,12H;5*1H2;;/q;;;;;;-1;. The zero-order valence-corrected chi connectivity index (χ0v) is 16.3. The SMILES string of the molecule is F[B-](F)(F)F.O=C1c2ccccc2C(=O)N1O.[CH2]=[U](=[CH2])(=[CH2])(=[CH2])=[CH2]. The van der Waals surface area contributed by atoms with Crippen molar-refractivity contribution in [1.82, 2.24) is 5.06 Å². The first kappa shape index (κ1) is 21.5. The van der Waals surface area contributed by atoms with Crippen molar-refractivity contribution in [2.75, 3.05) is 0 Å². The molecule has 0 spiro atoms. The van der Waals surface area contributed by atoms with Crippen molar-refractivity contribution in [1.29, 1.82) is 0 Å². The molecule has 1 aromatic carbocycles. The quantitative estimate of drug-likeness (QED) is 0.229. The van der Waals surface area contributed by atoms with Gasteiger partial charge in [0.2, 0.25) is 0 Å². The topological polar surface area (TPSA) is 57.6 Å². The normalized spacial score (nSPS) is 15.3. The molecule has 10 heteroatoms. The number of imide groups is 1. The Bertz CT molecular complexity index is 877. The van der Waals surface area contributed by atoms with E-state index in [1.165, 1.54) is 12.1 Å². The van der Waals surface area contributed by atoms with Crippen LogP contribution in [-0.4, -0.2) is 47.0 Å². The van der Waals surface area contributed by atoms with Gasteiger partial charge in [0.05, 0.1) is 11.1 Å². The van der Waals surface area contributed by atoms with E-state index in [9.17, 15) is 26.9 Å². The summed E-state index contributed by atoms with van der Waals surface area (Å²) in [5.41, 5.74) is 0.509. The van der Waals surface area contributed by atoms with Crippen LogP contribution in [0.1, 0.15) is 20.7 Å². The van der Waals surface area contributed by atoms with Crippen molar-refractivity contribution in [3.05, 3.63) is 35.4 Å². The number of fused-ring (bicyclic) bond motifs is 1. The molecule has 1 aromatic rings. The fraction of sp³-hybridized carbons (Fsp3) is 0. The number of nitrogens with zero attached hydrogens (tertiary/aromatic N) is 1. The van der Waals surface area contributed by atoms with Crippen LogP contribution < -0.4 is 0 Å². The summed E-state index contributed by atoms with van der Waals surface area (Å²) >= 11 is -3.15. The van der Waals surface area contributed by atoms with E-state index in [1.54, 1.807) is 12.1 Å². The summed E-state index contributed by atoms with van der Waals surface area (Å²) in [6.45, 7) is 0. The van der Waals surface area contributed by atoms with E-state index in [0.717, 1.165) is 0 Å². The van der Waals surface area contributed by atoms with Gasteiger partial charge < -0.3 is 17.3 Å². The maximum absolute atomic E-state index is 11.1. The Hall–Kier alpha value is -1.49. The molecule has 1 heterocycles. The van der Waals surface area contributed by atoms with Crippen molar-refractivity contribution in [2.24, 2.45) is 0 Å². The molecule has 0 aromatic heterocycles. The predicted octanol–water partition coefficient (Wildman–Crippen LogP) is 1.81. The van der Waals surface area contributed by atoms with Crippen LogP contribution in [0.25, 0.3) is 0 Å². The van der Waals surface area contributed by atoms with Gasteiger partial charge in [-0.25, -0.2) is 0 Å². The van der Waals surface area contributed by atoms with Gasteiger partial charge in [-0.1, -0.05) is 12.1 Å². The second-order valence-corrected chi connectivity index (χ2v) is 26.3. The monoisotopic (exact) mass is 558 g/mol. The van der Waals surface area contributed by atoms with Crippen LogP contribution in [0.2, 0.25) is 0 Å². The van der Waals surface area contributed by atoms with Crippen LogP contribution in [0.15, 0.2) is 24.3 Å². The van der Waals surface area contributed by atoms with Gasteiger partial charge in [-0.3, -0.25) is 14.8 Å². The van der Waals surface area contributed by atoms with E-state index in [1.807, 2.05) is 0 Å². The van der Waals surface area contributed by atoms with E-state index in [2.05, 4.69) is 17.7 Å². The molecule has 4 nitrogen and oxygen atoms in total. The zero-order chi connectivity index (χ0) is 18.7. The Morgan fingerprint density at radius 1 is 0.870 bits per heavy atom. The number of hydroxylamine groups is 2. The molecular formula is C13H15BF4NO3U-. The van der Waals surface area contributed by atoms with Crippen LogP contribution >= 0.6 is 0 Å². The van der Waals surface area contributed by atoms with Gasteiger partial charge in [0.1, 0.15) is 0 Å². The molecule has 0 bridgehead atoms. The van der Waals surface area contributed by atoms with E-state index >= 15 is 0 Å². The molecule has 2 amide bonds. The van der Waals surface area contributed by atoms with E-state index in [0.29, 0.717) is 0 Å². The first-order valence-electron chi connectivity index (χ1n) is 6.02. The number of rotatable bonds is 0. The fourth-order valence-corrected chi connectivity index (χ4v) is 1.18. The van der Waals surface area contributed by atoms with E-state index in [-0.39, 0.29) is 16.2 Å². The fourth-order valence-electron chi connectivity index (χ4n) is 1.18. The minimum absolute atomic E-state index is 0.130. The molecule has 2 rings (SSSR count). The van der Waals surface area contributed by atoms with Crippen LogP contribution in [0, 0.1) is 20.1 Å². The second-order valence-electron chi connectivity index (χ2n) is 5.46. The van der Waals surface area contributed by atoms with Gasteiger partial charge >= 0.3 is 45.1 Å². The average molecular weight is 558 g/mol. The molecule has 0 fully saturated rings. The number of hydrogen-bond donors (Lipinski definition) is 1. The molecule has 0 radical (unpaired) electrons. The molecule has 1 aliphatic heterocycles. The third-order valence-electron chi connectivity index (χ3n) is 1.77. The summed E-state index contributed by atoms with van der Waals surface area (Å²) in [5, 5.41) is 9.05. The number of amides is 2. The number of carbonyl (C=O) groups excluding carboxylic acids is 2. The molecule has 0 atom stereocenters. The number of halogens is 4. The number of benzene rings is 1. The number of hydrogen-bond acceptors (Lipinski definition) is 3.